The van der Waals surface area contributed by atoms with E-state index in [1.165, 1.54) is 24.3 Å². The summed E-state index contributed by atoms with van der Waals surface area (Å²) >= 11 is 0. The summed E-state index contributed by atoms with van der Waals surface area (Å²) in [7, 11) is 2.05. The quantitative estimate of drug-likeness (QED) is 0.175. The zero-order chi connectivity index (χ0) is 25.5. The van der Waals surface area contributed by atoms with Crippen molar-refractivity contribution in [3.05, 3.63) is 29.8 Å². The van der Waals surface area contributed by atoms with Gasteiger partial charge in [0.15, 0.2) is 5.60 Å². The third-order valence-electron chi connectivity index (χ3n) is 5.09. The van der Waals surface area contributed by atoms with Crippen LogP contribution in [0.15, 0.2) is 24.3 Å². The van der Waals surface area contributed by atoms with E-state index in [1.54, 1.807) is 0 Å². The van der Waals surface area contributed by atoms with E-state index in [2.05, 4.69) is 9.47 Å². The normalized spacial score (nSPS) is 26.1. The molecule has 190 valence electrons. The fourth-order valence-electron chi connectivity index (χ4n) is 3.12. The lowest BCUT2D eigenvalue weighted by molar-refractivity contribution is -0.277. The van der Waals surface area contributed by atoms with Crippen molar-refractivity contribution in [3.63, 3.8) is 0 Å². The summed E-state index contributed by atoms with van der Waals surface area (Å²) in [6, 6.07) is 5.92. The van der Waals surface area contributed by atoms with Crippen LogP contribution in [0.25, 0.3) is 0 Å². The van der Waals surface area contributed by atoms with Crippen molar-refractivity contribution >= 4 is 17.9 Å². The fraction of sp³-hybridized carbons (Fsp3) is 0.571. The Labute approximate surface area is 194 Å². The lowest BCUT2D eigenvalue weighted by atomic mass is 9.95. The van der Waals surface area contributed by atoms with Gasteiger partial charge in [-0.05, 0) is 17.7 Å². The third-order valence-corrected chi connectivity index (χ3v) is 5.09. The molecule has 13 heteroatoms. The summed E-state index contributed by atoms with van der Waals surface area (Å²) in [5.41, 5.74) is -1.95. The smallest absolute Gasteiger partial charge is 0.339 e. The van der Waals surface area contributed by atoms with Crippen molar-refractivity contribution in [2.45, 2.75) is 55.8 Å². The van der Waals surface area contributed by atoms with Gasteiger partial charge in [-0.15, -0.1) is 0 Å². The molecule has 1 aromatic rings. The van der Waals surface area contributed by atoms with E-state index >= 15 is 0 Å². The number of hydrogen-bond donors (Lipinski definition) is 5. The number of benzene rings is 1. The van der Waals surface area contributed by atoms with Crippen LogP contribution in [0.1, 0.15) is 18.4 Å². The first-order valence-corrected chi connectivity index (χ1v) is 10.1. The number of carbonyl (C=O) groups excluding carboxylic acids is 3. The molecule has 6 atom stereocenters. The second-order valence-electron chi connectivity index (χ2n) is 7.57. The van der Waals surface area contributed by atoms with Crippen molar-refractivity contribution in [2.24, 2.45) is 0 Å². The van der Waals surface area contributed by atoms with Gasteiger partial charge < -0.3 is 49.2 Å². The van der Waals surface area contributed by atoms with Crippen LogP contribution in [-0.4, -0.2) is 101 Å². The molecule has 1 heterocycles. The van der Waals surface area contributed by atoms with Gasteiger partial charge in [-0.2, -0.15) is 0 Å². The van der Waals surface area contributed by atoms with Gasteiger partial charge in [-0.3, -0.25) is 9.59 Å². The van der Waals surface area contributed by atoms with E-state index in [-0.39, 0.29) is 12.4 Å². The molecule has 0 aromatic heterocycles. The monoisotopic (exact) mass is 488 g/mol. The first-order valence-electron chi connectivity index (χ1n) is 10.1. The van der Waals surface area contributed by atoms with Gasteiger partial charge in [0.25, 0.3) is 0 Å². The highest BCUT2D eigenvalue weighted by Gasteiger charge is 2.45. The highest BCUT2D eigenvalue weighted by molar-refractivity contribution is 5.90. The highest BCUT2D eigenvalue weighted by atomic mass is 16.7. The summed E-state index contributed by atoms with van der Waals surface area (Å²) in [6.07, 6.45) is -8.78. The Morgan fingerprint density at radius 2 is 1.56 bits per heavy atom. The van der Waals surface area contributed by atoms with Gasteiger partial charge in [0.05, 0.1) is 33.7 Å². The first-order chi connectivity index (χ1) is 16.0. The molecular formula is C21H28O13. The number of ether oxygens (including phenoxy) is 5. The first kappa shape index (κ1) is 27.4. The lowest BCUT2D eigenvalue weighted by Crippen LogP contribution is -2.60. The predicted molar refractivity (Wildman–Crippen MR) is 109 cm³/mol. The van der Waals surface area contributed by atoms with E-state index in [1.807, 2.05) is 0 Å². The number of carbonyl (C=O) groups is 3. The topological polar surface area (TPSA) is 199 Å². The number of methoxy groups -OCH3 is 2. The molecule has 0 amide bonds. The van der Waals surface area contributed by atoms with Crippen LogP contribution in [0, 0.1) is 0 Å². The molecule has 34 heavy (non-hydrogen) atoms. The molecule has 1 unspecified atom stereocenters. The molecule has 1 aliphatic heterocycles. The molecule has 1 saturated heterocycles. The number of esters is 3. The van der Waals surface area contributed by atoms with Crippen LogP contribution in [0.5, 0.6) is 5.75 Å². The average Bonchev–Trinajstić information content (AvgIpc) is 2.83. The van der Waals surface area contributed by atoms with Gasteiger partial charge in [-0.1, -0.05) is 12.1 Å². The summed E-state index contributed by atoms with van der Waals surface area (Å²) in [6.45, 7) is -0.839. The van der Waals surface area contributed by atoms with Gasteiger partial charge in [0, 0.05) is 0 Å². The number of rotatable bonds is 10. The van der Waals surface area contributed by atoms with Crippen molar-refractivity contribution in [1.82, 2.24) is 0 Å². The van der Waals surface area contributed by atoms with E-state index in [9.17, 15) is 39.9 Å². The maximum Gasteiger partial charge on any atom is 0.339 e. The summed E-state index contributed by atoms with van der Waals surface area (Å²) in [5.74, 6) is -2.88. The molecule has 1 aliphatic rings. The molecule has 0 radical (unpaired) electrons. The number of aliphatic hydroxyl groups is 5. The van der Waals surface area contributed by atoms with Crippen LogP contribution in [0.4, 0.5) is 0 Å². The summed E-state index contributed by atoms with van der Waals surface area (Å²) < 4.78 is 24.6. The summed E-state index contributed by atoms with van der Waals surface area (Å²) in [4.78, 5) is 35.4. The van der Waals surface area contributed by atoms with Gasteiger partial charge in [0.2, 0.25) is 6.29 Å². The van der Waals surface area contributed by atoms with E-state index in [0.717, 1.165) is 14.2 Å². The average molecular weight is 488 g/mol. The third kappa shape index (κ3) is 6.85. The Bertz CT molecular complexity index is 840. The van der Waals surface area contributed by atoms with Gasteiger partial charge in [-0.25, -0.2) is 4.79 Å². The van der Waals surface area contributed by atoms with E-state index in [0.29, 0.717) is 5.56 Å². The van der Waals surface area contributed by atoms with E-state index in [4.69, 9.17) is 14.2 Å². The van der Waals surface area contributed by atoms with Crippen molar-refractivity contribution in [2.75, 3.05) is 20.8 Å². The zero-order valence-corrected chi connectivity index (χ0v) is 18.5. The molecular weight excluding hydrogens is 460 g/mol. The van der Waals surface area contributed by atoms with Crippen molar-refractivity contribution in [3.8, 4) is 5.75 Å². The lowest BCUT2D eigenvalue weighted by Gasteiger charge is -2.39. The molecule has 13 nitrogen and oxygen atoms in total. The van der Waals surface area contributed by atoms with Crippen LogP contribution < -0.4 is 4.74 Å². The van der Waals surface area contributed by atoms with Gasteiger partial charge in [0.1, 0.15) is 36.8 Å². The molecule has 1 aromatic carbocycles. The Morgan fingerprint density at radius 1 is 0.941 bits per heavy atom. The molecule has 0 aliphatic carbocycles. The molecule has 2 rings (SSSR count). The molecule has 5 N–H and O–H groups in total. The Hall–Kier alpha value is -2.81. The predicted octanol–water partition coefficient (Wildman–Crippen LogP) is -2.23. The second-order valence-corrected chi connectivity index (χ2v) is 7.57. The minimum Gasteiger partial charge on any atom is -0.469 e. The SMILES string of the molecule is COC(=O)CC(O)(CC(=O)OCc1ccc(O[C@@H]2O[C@H](CO)[C@@H](O)[C@H](O)[C@H]2O)cc1)C(=O)OC. The maximum atomic E-state index is 12.1. The van der Waals surface area contributed by atoms with Crippen LogP contribution in [-0.2, 0) is 39.9 Å². The maximum absolute atomic E-state index is 12.1. The Kier molecular flexibility index (Phi) is 9.73. The minimum atomic E-state index is -2.44. The van der Waals surface area contributed by atoms with Crippen molar-refractivity contribution in [1.29, 1.82) is 0 Å². The highest BCUT2D eigenvalue weighted by Crippen LogP contribution is 2.25. The fourth-order valence-corrected chi connectivity index (χ4v) is 3.12. The van der Waals surface area contributed by atoms with Crippen LogP contribution in [0.2, 0.25) is 0 Å². The standard InChI is InChI=1S/C21H28O13/c1-30-14(23)7-21(29,20(28)31-2)8-15(24)32-10-11-3-5-12(6-4-11)33-19-18(27)17(26)16(25)13(9-22)34-19/h3-6,13,16-19,22,25-27,29H,7-10H2,1-2H3/t13-,16-,17+,18-,19-,21?/m1/s1. The van der Waals surface area contributed by atoms with Crippen LogP contribution >= 0.6 is 0 Å². The van der Waals surface area contributed by atoms with E-state index < -0.39 is 73.7 Å². The molecule has 1 fully saturated rings. The molecule has 0 spiro atoms. The van der Waals surface area contributed by atoms with Crippen LogP contribution in [0.3, 0.4) is 0 Å². The summed E-state index contributed by atoms with van der Waals surface area (Å²) in [5, 5.41) is 49.2. The zero-order valence-electron chi connectivity index (χ0n) is 18.5. The second kappa shape index (κ2) is 12.1. The molecule has 0 saturated carbocycles. The van der Waals surface area contributed by atoms with Crippen molar-refractivity contribution < 1.29 is 63.6 Å². The number of aliphatic hydroxyl groups excluding tert-OH is 4. The number of hydrogen-bond acceptors (Lipinski definition) is 13. The largest absolute Gasteiger partial charge is 0.469 e. The Morgan fingerprint density at radius 3 is 2.12 bits per heavy atom. The van der Waals surface area contributed by atoms with Gasteiger partial charge >= 0.3 is 17.9 Å². The Balaban J connectivity index is 1.93. The minimum absolute atomic E-state index is 0.206. The molecule has 0 bridgehead atoms.